The molecule has 3 N–H and O–H groups in total. The van der Waals surface area contributed by atoms with E-state index < -0.39 is 5.91 Å². The number of anilines is 2. The van der Waals surface area contributed by atoms with E-state index in [1.54, 1.807) is 23.0 Å². The topological polar surface area (TPSA) is 126 Å². The molecule has 0 bridgehead atoms. The first kappa shape index (κ1) is 20.6. The van der Waals surface area contributed by atoms with E-state index >= 15 is 0 Å². The summed E-state index contributed by atoms with van der Waals surface area (Å²) in [7, 11) is 0. The highest BCUT2D eigenvalue weighted by Gasteiger charge is 2.33. The molecular weight excluding hydrogens is 401 g/mol. The Kier molecular flexibility index (Phi) is 5.68. The highest BCUT2D eigenvalue weighted by atomic mass is 19.1. The maximum atomic E-state index is 13.2. The molecule has 9 nitrogen and oxygen atoms in total. The number of nitriles is 1. The Morgan fingerprint density at radius 3 is 2.84 bits per heavy atom. The summed E-state index contributed by atoms with van der Waals surface area (Å²) in [5.74, 6) is -0.238. The molecule has 0 radical (unpaired) electrons. The fourth-order valence-electron chi connectivity index (χ4n) is 3.74. The van der Waals surface area contributed by atoms with Gasteiger partial charge < -0.3 is 15.5 Å². The minimum atomic E-state index is -0.644. The van der Waals surface area contributed by atoms with E-state index in [1.165, 1.54) is 18.5 Å². The van der Waals surface area contributed by atoms with Crippen LogP contribution in [-0.2, 0) is 6.54 Å². The van der Waals surface area contributed by atoms with Crippen LogP contribution in [0.4, 0.5) is 15.9 Å². The molecular formula is C21H22FN7O2. The van der Waals surface area contributed by atoms with E-state index in [0.717, 1.165) is 18.0 Å². The second kappa shape index (κ2) is 8.57. The van der Waals surface area contributed by atoms with Crippen molar-refractivity contribution in [3.05, 3.63) is 59.7 Å². The molecule has 0 aliphatic carbocycles. The summed E-state index contributed by atoms with van der Waals surface area (Å²) in [6, 6.07) is 7.77. The fourth-order valence-corrected chi connectivity index (χ4v) is 3.74. The van der Waals surface area contributed by atoms with Gasteiger partial charge in [-0.3, -0.25) is 14.4 Å². The number of nitrogens with zero attached hydrogens (tertiary/aromatic N) is 5. The summed E-state index contributed by atoms with van der Waals surface area (Å²) in [5, 5.41) is 17.2. The second-order valence-electron chi connectivity index (χ2n) is 7.56. The van der Waals surface area contributed by atoms with Gasteiger partial charge in [-0.1, -0.05) is 0 Å². The van der Waals surface area contributed by atoms with Crippen LogP contribution in [0, 0.1) is 30.0 Å². The first-order chi connectivity index (χ1) is 14.9. The van der Waals surface area contributed by atoms with Crippen molar-refractivity contribution in [2.24, 2.45) is 11.7 Å². The first-order valence-electron chi connectivity index (χ1n) is 9.87. The zero-order valence-electron chi connectivity index (χ0n) is 17.0. The number of benzene rings is 1. The lowest BCUT2D eigenvalue weighted by molar-refractivity contribution is 0.1000. The number of nitrogens with two attached hydrogens (primary N) is 1. The molecule has 2 atom stereocenters. The van der Waals surface area contributed by atoms with Gasteiger partial charge in [0.1, 0.15) is 17.1 Å². The molecule has 0 saturated carbocycles. The molecule has 4 rings (SSSR count). The molecule has 3 heterocycles. The number of aromatic nitrogens is 3. The maximum Gasteiger partial charge on any atom is 0.254 e. The number of hydrogen-bond donors (Lipinski definition) is 2. The average molecular weight is 423 g/mol. The minimum Gasteiger partial charge on any atom is -0.447 e. The van der Waals surface area contributed by atoms with Crippen LogP contribution in [0.25, 0.3) is 0 Å². The number of halogens is 1. The Hall–Kier alpha value is -3.71. The van der Waals surface area contributed by atoms with E-state index in [-0.39, 0.29) is 29.2 Å². The lowest BCUT2D eigenvalue weighted by Gasteiger charge is -2.35. The highest BCUT2D eigenvalue weighted by molar-refractivity contribution is 5.98. The lowest BCUT2D eigenvalue weighted by atomic mass is 9.93. The molecule has 10 heteroatoms. The first-order valence-corrected chi connectivity index (χ1v) is 9.87. The summed E-state index contributed by atoms with van der Waals surface area (Å²) in [4.78, 5) is 18.3. The number of aryl methyl sites for hydroxylation is 1. The number of oxazole rings is 1. The van der Waals surface area contributed by atoms with Crippen LogP contribution in [0.1, 0.15) is 34.3 Å². The molecule has 1 fully saturated rings. The van der Waals surface area contributed by atoms with Crippen molar-refractivity contribution in [3.8, 4) is 6.07 Å². The summed E-state index contributed by atoms with van der Waals surface area (Å²) < 4.78 is 20.3. The van der Waals surface area contributed by atoms with E-state index in [1.807, 2.05) is 6.92 Å². The number of primary amides is 1. The smallest absolute Gasteiger partial charge is 0.254 e. The molecule has 0 unspecified atom stereocenters. The monoisotopic (exact) mass is 423 g/mol. The predicted octanol–water partition coefficient (Wildman–Crippen LogP) is 2.75. The van der Waals surface area contributed by atoms with Crippen LogP contribution in [-0.4, -0.2) is 38.7 Å². The second-order valence-corrected chi connectivity index (χ2v) is 7.56. The SMILES string of the molecule is Cc1ncoc1CN1CC[C@H](C#N)[C@@H](n2cc(C(N)=O)c(Nc3ccc(F)cc3)n2)C1. The molecule has 31 heavy (non-hydrogen) atoms. The van der Waals surface area contributed by atoms with Gasteiger partial charge in [-0.25, -0.2) is 9.37 Å². The Morgan fingerprint density at radius 1 is 1.42 bits per heavy atom. The van der Waals surface area contributed by atoms with Gasteiger partial charge in [0.25, 0.3) is 5.91 Å². The van der Waals surface area contributed by atoms with E-state index in [9.17, 15) is 14.4 Å². The van der Waals surface area contributed by atoms with Crippen molar-refractivity contribution in [2.75, 3.05) is 18.4 Å². The largest absolute Gasteiger partial charge is 0.447 e. The van der Waals surface area contributed by atoms with Crippen molar-refractivity contribution in [1.82, 2.24) is 19.7 Å². The third-order valence-corrected chi connectivity index (χ3v) is 5.49. The van der Waals surface area contributed by atoms with Gasteiger partial charge >= 0.3 is 0 Å². The molecule has 160 valence electrons. The number of amides is 1. The molecule has 1 saturated heterocycles. The Morgan fingerprint density at radius 2 is 2.19 bits per heavy atom. The quantitative estimate of drug-likeness (QED) is 0.624. The zero-order valence-corrected chi connectivity index (χ0v) is 17.0. The van der Waals surface area contributed by atoms with Crippen molar-refractivity contribution < 1.29 is 13.6 Å². The van der Waals surface area contributed by atoms with Gasteiger partial charge in [0.15, 0.2) is 12.2 Å². The van der Waals surface area contributed by atoms with Crippen LogP contribution < -0.4 is 11.1 Å². The van der Waals surface area contributed by atoms with Gasteiger partial charge in [-0.05, 0) is 37.6 Å². The van der Waals surface area contributed by atoms with Crippen LogP contribution in [0.3, 0.4) is 0 Å². The highest BCUT2D eigenvalue weighted by Crippen LogP contribution is 2.30. The standard InChI is InChI=1S/C21H22FN7O2/c1-13-19(31-12-25-13)11-28-7-6-14(8-23)18(10-28)29-9-17(20(24)30)21(27-29)26-16-4-2-15(22)3-5-16/h2-5,9,12,14,18H,6-7,10-11H2,1H3,(H2,24,30)(H,26,27)/t14-,18+/m1/s1. The van der Waals surface area contributed by atoms with Gasteiger partial charge in [-0.2, -0.15) is 10.4 Å². The molecule has 3 aromatic rings. The number of piperidine rings is 1. The Balaban J connectivity index is 1.59. The van der Waals surface area contributed by atoms with Crippen molar-refractivity contribution in [1.29, 1.82) is 5.26 Å². The van der Waals surface area contributed by atoms with Crippen LogP contribution >= 0.6 is 0 Å². The van der Waals surface area contributed by atoms with Crippen LogP contribution in [0.5, 0.6) is 0 Å². The molecule has 1 aliphatic heterocycles. The van der Waals surface area contributed by atoms with Gasteiger partial charge in [-0.15, -0.1) is 0 Å². The number of rotatable bonds is 6. The van der Waals surface area contributed by atoms with Crippen molar-refractivity contribution >= 4 is 17.4 Å². The number of carbonyl (C=O) groups excluding carboxylic acids is 1. The molecule has 1 amide bonds. The average Bonchev–Trinajstić information content (AvgIpc) is 3.36. The van der Waals surface area contributed by atoms with E-state index in [0.29, 0.717) is 25.2 Å². The van der Waals surface area contributed by atoms with Gasteiger partial charge in [0.05, 0.1) is 30.3 Å². The molecule has 1 aromatic carbocycles. The van der Waals surface area contributed by atoms with Crippen LogP contribution in [0.15, 0.2) is 41.3 Å². The number of likely N-dealkylation sites (tertiary alicyclic amines) is 1. The predicted molar refractivity (Wildman–Crippen MR) is 110 cm³/mol. The zero-order chi connectivity index (χ0) is 22.0. The molecule has 1 aliphatic rings. The maximum absolute atomic E-state index is 13.2. The molecule has 2 aromatic heterocycles. The fraction of sp³-hybridized carbons (Fsp3) is 0.333. The third-order valence-electron chi connectivity index (χ3n) is 5.49. The van der Waals surface area contributed by atoms with Crippen molar-refractivity contribution in [2.45, 2.75) is 25.9 Å². The summed E-state index contributed by atoms with van der Waals surface area (Å²) in [5.41, 5.74) is 7.15. The summed E-state index contributed by atoms with van der Waals surface area (Å²) >= 11 is 0. The number of carbonyl (C=O) groups is 1. The lowest BCUT2D eigenvalue weighted by Crippen LogP contribution is -2.41. The normalized spacial score (nSPS) is 19.1. The third kappa shape index (κ3) is 4.41. The van der Waals surface area contributed by atoms with Crippen molar-refractivity contribution in [3.63, 3.8) is 0 Å². The Bertz CT molecular complexity index is 1120. The summed E-state index contributed by atoms with van der Waals surface area (Å²) in [6.07, 6.45) is 3.64. The van der Waals surface area contributed by atoms with Crippen LogP contribution in [0.2, 0.25) is 0 Å². The number of hydrogen-bond acceptors (Lipinski definition) is 7. The van der Waals surface area contributed by atoms with E-state index in [4.69, 9.17) is 10.2 Å². The number of nitrogens with one attached hydrogen (secondary N) is 1. The molecule has 0 spiro atoms. The Labute approximate surface area is 178 Å². The van der Waals surface area contributed by atoms with Gasteiger partial charge in [0.2, 0.25) is 0 Å². The van der Waals surface area contributed by atoms with Gasteiger partial charge in [0, 0.05) is 25.0 Å². The summed E-state index contributed by atoms with van der Waals surface area (Å²) in [6.45, 7) is 3.75. The van der Waals surface area contributed by atoms with E-state index in [2.05, 4.69) is 26.4 Å². The minimum absolute atomic E-state index is 0.198.